The number of aliphatic carboxylic acids is 3. The Morgan fingerprint density at radius 3 is 2.19 bits per heavy atom. The average Bonchev–Trinajstić information content (AvgIpc) is 3.35. The first-order valence-electron chi connectivity index (χ1n) is 17.0. The molecule has 0 aromatic heterocycles. The van der Waals surface area contributed by atoms with Crippen LogP contribution in [0.25, 0.3) is 0 Å². The molecule has 2 fully saturated rings. The van der Waals surface area contributed by atoms with E-state index in [1.807, 2.05) is 47.2 Å². The van der Waals surface area contributed by atoms with Gasteiger partial charge in [-0.2, -0.15) is 0 Å². The third-order valence-corrected chi connectivity index (χ3v) is 11.4. The number of rotatable bonds is 12. The lowest BCUT2D eigenvalue weighted by atomic mass is 9.82. The number of hydrogen-bond acceptors (Lipinski definition) is 8. The maximum atomic E-state index is 13.1. The molecule has 2 unspecified atom stereocenters. The van der Waals surface area contributed by atoms with Crippen LogP contribution in [0.15, 0.2) is 46.9 Å². The Morgan fingerprint density at radius 1 is 1.00 bits per heavy atom. The molecule has 3 heterocycles. The van der Waals surface area contributed by atoms with Gasteiger partial charge in [0.2, 0.25) is 11.8 Å². The quantitative estimate of drug-likeness (QED) is 0.209. The summed E-state index contributed by atoms with van der Waals surface area (Å²) in [5.41, 5.74) is -0.594. The Kier molecular flexibility index (Phi) is 13.5. The molecule has 14 nitrogen and oxygen atoms in total. The summed E-state index contributed by atoms with van der Waals surface area (Å²) < 4.78 is 0.844. The third kappa shape index (κ3) is 8.93. The molecule has 2 aromatic carbocycles. The Balaban J connectivity index is 0.000000398. The molecular formula is C36H44BrClN4O10. The second-order valence-corrected chi connectivity index (χ2v) is 14.7. The molecule has 0 aliphatic carbocycles. The summed E-state index contributed by atoms with van der Waals surface area (Å²) in [5.74, 6) is -4.89. The predicted molar refractivity (Wildman–Crippen MR) is 193 cm³/mol. The number of amides is 3. The maximum Gasteiger partial charge on any atom is 0.336 e. The van der Waals surface area contributed by atoms with Gasteiger partial charge in [0.05, 0.1) is 23.9 Å². The van der Waals surface area contributed by atoms with Crippen molar-refractivity contribution in [1.82, 2.24) is 20.0 Å². The van der Waals surface area contributed by atoms with E-state index in [0.717, 1.165) is 60.1 Å². The number of likely N-dealkylation sites (N-methyl/N-ethyl adjacent to an activating group) is 2. The van der Waals surface area contributed by atoms with Gasteiger partial charge in [-0.05, 0) is 83.9 Å². The Labute approximate surface area is 314 Å². The molecule has 52 heavy (non-hydrogen) atoms. The number of carbonyl (C=O) groups excluding carboxylic acids is 3. The van der Waals surface area contributed by atoms with Crippen LogP contribution in [-0.2, 0) is 24.0 Å². The van der Waals surface area contributed by atoms with Crippen LogP contribution in [-0.4, -0.2) is 122 Å². The number of nitrogens with zero attached hydrogens (tertiary/aromatic N) is 3. The van der Waals surface area contributed by atoms with Crippen molar-refractivity contribution in [3.63, 3.8) is 0 Å². The molecule has 5 rings (SSSR count). The highest BCUT2D eigenvalue weighted by atomic mass is 79.9. The highest BCUT2D eigenvalue weighted by Crippen LogP contribution is 2.45. The van der Waals surface area contributed by atoms with E-state index in [1.54, 1.807) is 7.05 Å². The molecule has 3 aliphatic rings. The number of fused-ring (bicyclic) bond motifs is 1. The van der Waals surface area contributed by atoms with E-state index in [4.69, 9.17) is 32.0 Å². The second kappa shape index (κ2) is 17.2. The Bertz CT molecular complexity index is 1680. The van der Waals surface area contributed by atoms with E-state index in [2.05, 4.69) is 38.3 Å². The minimum Gasteiger partial charge on any atom is -0.481 e. The zero-order chi connectivity index (χ0) is 38.4. The fourth-order valence-electron chi connectivity index (χ4n) is 7.50. The van der Waals surface area contributed by atoms with Crippen molar-refractivity contribution in [2.24, 2.45) is 0 Å². The summed E-state index contributed by atoms with van der Waals surface area (Å²) in [6.45, 7) is 2.94. The molecule has 282 valence electrons. The summed E-state index contributed by atoms with van der Waals surface area (Å²) in [5, 5.41) is 37.3. The van der Waals surface area contributed by atoms with Crippen molar-refractivity contribution < 1.29 is 49.2 Å². The van der Waals surface area contributed by atoms with Gasteiger partial charge in [0, 0.05) is 56.1 Å². The topological polar surface area (TPSA) is 205 Å². The first kappa shape index (κ1) is 40.7. The number of benzene rings is 2. The first-order chi connectivity index (χ1) is 24.5. The number of carboxylic acids is 3. The van der Waals surface area contributed by atoms with Gasteiger partial charge in [-0.15, -0.1) is 0 Å². The lowest BCUT2D eigenvalue weighted by Crippen LogP contribution is -2.65. The number of halogens is 2. The fourth-order valence-corrected chi connectivity index (χ4v) is 7.94. The third-order valence-electron chi connectivity index (χ3n) is 10.2. The number of carbonyl (C=O) groups is 6. The second-order valence-electron chi connectivity index (χ2n) is 13.4. The Morgan fingerprint density at radius 2 is 1.63 bits per heavy atom. The van der Waals surface area contributed by atoms with E-state index in [9.17, 15) is 28.8 Å². The molecule has 0 bridgehead atoms. The zero-order valence-electron chi connectivity index (χ0n) is 29.0. The summed E-state index contributed by atoms with van der Waals surface area (Å²) >= 11 is 10.0. The standard InChI is InChI=1S/C30H36BrClN4O3.C6H8O7/c1-33-29(39)30(36-15-6-5-9-26(36)37)13-17-35(18-14-30)16-12-21(20-10-11-24(31)25(32)19-20)27-22-7-3-4-8-23(22)28(38)34(27)2;7-3(8)1-6(13,5(11)12)2-4(9)10/h3-4,7-8,10-11,19,21,27H,5-6,9,12-18H2,1-2H3,(H,33,39);13H,1-2H2,(H,7,8)(H,9,10)(H,11,12). The van der Waals surface area contributed by atoms with Crippen molar-refractivity contribution in [2.45, 2.75) is 74.5 Å². The van der Waals surface area contributed by atoms with E-state index in [0.29, 0.717) is 30.8 Å². The molecule has 2 atom stereocenters. The summed E-state index contributed by atoms with van der Waals surface area (Å²) in [4.78, 5) is 75.7. The van der Waals surface area contributed by atoms with Gasteiger partial charge < -0.3 is 40.4 Å². The van der Waals surface area contributed by atoms with E-state index in [-0.39, 0.29) is 29.7 Å². The van der Waals surface area contributed by atoms with Crippen LogP contribution in [0, 0.1) is 0 Å². The largest absolute Gasteiger partial charge is 0.481 e. The lowest BCUT2D eigenvalue weighted by Gasteiger charge is -2.48. The van der Waals surface area contributed by atoms with Crippen LogP contribution in [0.1, 0.15) is 84.8 Å². The average molecular weight is 808 g/mol. The highest BCUT2D eigenvalue weighted by molar-refractivity contribution is 9.10. The van der Waals surface area contributed by atoms with Crippen LogP contribution >= 0.6 is 27.5 Å². The van der Waals surface area contributed by atoms with Gasteiger partial charge >= 0.3 is 17.9 Å². The van der Waals surface area contributed by atoms with Crippen molar-refractivity contribution in [1.29, 1.82) is 0 Å². The van der Waals surface area contributed by atoms with Crippen molar-refractivity contribution >= 4 is 63.2 Å². The van der Waals surface area contributed by atoms with E-state index in [1.165, 1.54) is 0 Å². The normalized spacial score (nSPS) is 19.3. The number of likely N-dealkylation sites (tertiary alicyclic amines) is 2. The monoisotopic (exact) mass is 806 g/mol. The number of aliphatic hydroxyl groups is 1. The highest BCUT2D eigenvalue weighted by Gasteiger charge is 2.48. The van der Waals surface area contributed by atoms with Gasteiger partial charge in [0.25, 0.3) is 5.91 Å². The Hall–Kier alpha value is -4.05. The van der Waals surface area contributed by atoms with Gasteiger partial charge in [-0.3, -0.25) is 24.0 Å². The van der Waals surface area contributed by atoms with Gasteiger partial charge in [0.1, 0.15) is 5.54 Å². The van der Waals surface area contributed by atoms with Gasteiger partial charge in [-0.25, -0.2) is 4.79 Å². The zero-order valence-corrected chi connectivity index (χ0v) is 31.4. The lowest BCUT2D eigenvalue weighted by molar-refractivity contribution is -0.170. The van der Waals surface area contributed by atoms with Crippen LogP contribution in [0.4, 0.5) is 0 Å². The number of hydrogen-bond donors (Lipinski definition) is 5. The van der Waals surface area contributed by atoms with Crippen molar-refractivity contribution in [3.8, 4) is 0 Å². The predicted octanol–water partition coefficient (Wildman–Crippen LogP) is 3.75. The fraction of sp³-hybridized carbons (Fsp3) is 0.500. The molecule has 3 amide bonds. The van der Waals surface area contributed by atoms with Gasteiger partial charge in [0.15, 0.2) is 5.60 Å². The minimum absolute atomic E-state index is 0.0440. The molecule has 0 radical (unpaired) electrons. The minimum atomic E-state index is -2.74. The van der Waals surface area contributed by atoms with Crippen LogP contribution in [0.5, 0.6) is 0 Å². The molecule has 0 saturated carbocycles. The summed E-state index contributed by atoms with van der Waals surface area (Å²) in [7, 11) is 3.55. The first-order valence-corrected chi connectivity index (χ1v) is 18.2. The van der Waals surface area contributed by atoms with Crippen LogP contribution in [0.2, 0.25) is 5.02 Å². The molecule has 0 spiro atoms. The number of carboxylic acid groups (broad SMARTS) is 3. The number of piperidine rings is 2. The van der Waals surface area contributed by atoms with Crippen molar-refractivity contribution in [3.05, 3.63) is 68.7 Å². The maximum absolute atomic E-state index is 13.1. The summed E-state index contributed by atoms with van der Waals surface area (Å²) in [6, 6.07) is 13.9. The van der Waals surface area contributed by atoms with Crippen LogP contribution in [0.3, 0.4) is 0 Å². The molecular weight excluding hydrogens is 764 g/mol. The molecule has 16 heteroatoms. The molecule has 3 aliphatic heterocycles. The van der Waals surface area contributed by atoms with Gasteiger partial charge in [-0.1, -0.05) is 35.9 Å². The molecule has 2 saturated heterocycles. The molecule has 5 N–H and O–H groups in total. The summed E-state index contributed by atoms with van der Waals surface area (Å²) in [6.07, 6.45) is 2.15. The SMILES string of the molecule is CNC(=O)C1(N2CCCCC2=O)CCN(CCC(c2ccc(Br)c(Cl)c2)C2c3ccccc3C(=O)N2C)CC1.O=C(O)CC(O)(CC(=O)O)C(=O)O. The number of nitrogens with one attached hydrogen (secondary N) is 1. The molecule has 2 aromatic rings. The van der Waals surface area contributed by atoms with E-state index < -0.39 is 41.9 Å². The van der Waals surface area contributed by atoms with Crippen molar-refractivity contribution in [2.75, 3.05) is 40.3 Å². The van der Waals surface area contributed by atoms with E-state index >= 15 is 0 Å². The smallest absolute Gasteiger partial charge is 0.336 e. The van der Waals surface area contributed by atoms with Crippen LogP contribution < -0.4 is 5.32 Å².